The van der Waals surface area contributed by atoms with E-state index >= 15 is 0 Å². The van der Waals surface area contributed by atoms with Crippen molar-refractivity contribution in [1.29, 1.82) is 0 Å². The molecule has 2 unspecified atom stereocenters. The molecule has 6 heteroatoms. The maximum Gasteiger partial charge on any atom is 0.269 e. The highest BCUT2D eigenvalue weighted by Gasteiger charge is 2.45. The number of rotatable bonds is 3. The van der Waals surface area contributed by atoms with Crippen molar-refractivity contribution in [1.82, 2.24) is 10.9 Å². The molecule has 1 fully saturated rings. The highest BCUT2D eigenvalue weighted by Crippen LogP contribution is 2.48. The lowest BCUT2D eigenvalue weighted by Gasteiger charge is -2.07. The Bertz CT molecular complexity index is 749. The van der Waals surface area contributed by atoms with Gasteiger partial charge < -0.3 is 0 Å². The normalized spacial score (nSPS) is 19.0. The van der Waals surface area contributed by atoms with E-state index in [1.807, 2.05) is 0 Å². The number of carbonyl (C=O) groups is 2. The fourth-order valence-electron chi connectivity index (χ4n) is 2.49. The molecule has 0 saturated heterocycles. The number of hydrogen-bond acceptors (Lipinski definition) is 2. The first-order valence-electron chi connectivity index (χ1n) is 7.16. The van der Waals surface area contributed by atoms with Crippen LogP contribution in [-0.4, -0.2) is 11.8 Å². The SMILES string of the molecule is O=C(NNC(=O)C1CC1c1ccccc1F)c1ccc(Br)cc1. The first-order valence-corrected chi connectivity index (χ1v) is 7.96. The van der Waals surface area contributed by atoms with Gasteiger partial charge in [0.1, 0.15) is 5.82 Å². The molecule has 1 aliphatic rings. The Kier molecular flexibility index (Phi) is 4.43. The van der Waals surface area contributed by atoms with E-state index in [1.54, 1.807) is 42.5 Å². The Labute approximate surface area is 141 Å². The first kappa shape index (κ1) is 15.7. The molecule has 2 aromatic carbocycles. The quantitative estimate of drug-likeness (QED) is 0.808. The molecule has 118 valence electrons. The second-order valence-corrected chi connectivity index (χ2v) is 6.34. The van der Waals surface area contributed by atoms with E-state index in [0.29, 0.717) is 17.5 Å². The summed E-state index contributed by atoms with van der Waals surface area (Å²) in [6, 6.07) is 13.2. The van der Waals surface area contributed by atoms with Crippen LogP contribution in [0.4, 0.5) is 4.39 Å². The van der Waals surface area contributed by atoms with Crippen LogP contribution in [0.3, 0.4) is 0 Å². The predicted molar refractivity (Wildman–Crippen MR) is 87.0 cm³/mol. The van der Waals surface area contributed by atoms with Gasteiger partial charge in [0.2, 0.25) is 5.91 Å². The number of carbonyl (C=O) groups excluding carboxylic acids is 2. The van der Waals surface area contributed by atoms with Crippen LogP contribution in [0.15, 0.2) is 53.0 Å². The van der Waals surface area contributed by atoms with E-state index in [0.717, 1.165) is 4.47 Å². The van der Waals surface area contributed by atoms with Gasteiger partial charge in [-0.1, -0.05) is 34.1 Å². The summed E-state index contributed by atoms with van der Waals surface area (Å²) in [4.78, 5) is 23.9. The maximum atomic E-state index is 13.7. The molecular weight excluding hydrogens is 363 g/mol. The van der Waals surface area contributed by atoms with Crippen LogP contribution in [0.1, 0.15) is 28.3 Å². The summed E-state index contributed by atoms with van der Waals surface area (Å²) in [6.07, 6.45) is 0.584. The van der Waals surface area contributed by atoms with Crippen LogP contribution in [-0.2, 0) is 4.79 Å². The van der Waals surface area contributed by atoms with Crippen molar-refractivity contribution in [3.05, 3.63) is 69.9 Å². The van der Waals surface area contributed by atoms with Crippen molar-refractivity contribution in [2.75, 3.05) is 0 Å². The zero-order chi connectivity index (χ0) is 16.4. The highest BCUT2D eigenvalue weighted by molar-refractivity contribution is 9.10. The van der Waals surface area contributed by atoms with Gasteiger partial charge in [-0.3, -0.25) is 20.4 Å². The average molecular weight is 377 g/mol. The first-order chi connectivity index (χ1) is 11.1. The van der Waals surface area contributed by atoms with Crippen molar-refractivity contribution >= 4 is 27.7 Å². The summed E-state index contributed by atoms with van der Waals surface area (Å²) in [6.45, 7) is 0. The van der Waals surface area contributed by atoms with Crippen LogP contribution < -0.4 is 10.9 Å². The van der Waals surface area contributed by atoms with Crippen molar-refractivity contribution in [2.45, 2.75) is 12.3 Å². The third-order valence-electron chi connectivity index (χ3n) is 3.84. The second-order valence-electron chi connectivity index (χ2n) is 5.42. The Morgan fingerprint density at radius 1 is 1.04 bits per heavy atom. The average Bonchev–Trinajstić information content (AvgIpc) is 3.34. The van der Waals surface area contributed by atoms with Crippen molar-refractivity contribution < 1.29 is 14.0 Å². The van der Waals surface area contributed by atoms with Gasteiger partial charge in [0.25, 0.3) is 5.91 Å². The van der Waals surface area contributed by atoms with Crippen LogP contribution in [0.5, 0.6) is 0 Å². The molecule has 4 nitrogen and oxygen atoms in total. The van der Waals surface area contributed by atoms with E-state index in [9.17, 15) is 14.0 Å². The van der Waals surface area contributed by atoms with E-state index in [4.69, 9.17) is 0 Å². The summed E-state index contributed by atoms with van der Waals surface area (Å²) >= 11 is 3.29. The molecule has 0 heterocycles. The van der Waals surface area contributed by atoms with Crippen molar-refractivity contribution in [3.63, 3.8) is 0 Å². The van der Waals surface area contributed by atoms with Crippen LogP contribution in [0, 0.1) is 11.7 Å². The molecule has 3 rings (SSSR count). The lowest BCUT2D eigenvalue weighted by molar-refractivity contribution is -0.123. The van der Waals surface area contributed by atoms with Gasteiger partial charge in [0.05, 0.1) is 0 Å². The van der Waals surface area contributed by atoms with Gasteiger partial charge in [0.15, 0.2) is 0 Å². The summed E-state index contributed by atoms with van der Waals surface area (Å²) in [5, 5.41) is 0. The molecule has 0 spiro atoms. The standard InChI is InChI=1S/C17H14BrFN2O2/c18-11-7-5-10(6-8-11)16(22)20-21-17(23)14-9-13(14)12-3-1-2-4-15(12)19/h1-8,13-14H,9H2,(H,20,22)(H,21,23). The fourth-order valence-corrected chi connectivity index (χ4v) is 2.75. The number of hydrazine groups is 1. The largest absolute Gasteiger partial charge is 0.273 e. The minimum Gasteiger partial charge on any atom is -0.273 e. The number of amides is 2. The topological polar surface area (TPSA) is 58.2 Å². The number of halogens is 2. The smallest absolute Gasteiger partial charge is 0.269 e. The van der Waals surface area contributed by atoms with Crippen LogP contribution in [0.25, 0.3) is 0 Å². The minimum absolute atomic E-state index is 0.124. The maximum absolute atomic E-state index is 13.7. The summed E-state index contributed by atoms with van der Waals surface area (Å²) in [5.74, 6) is -1.43. The molecule has 2 N–H and O–H groups in total. The summed E-state index contributed by atoms with van der Waals surface area (Å²) < 4.78 is 14.5. The lowest BCUT2D eigenvalue weighted by atomic mass is 10.1. The van der Waals surface area contributed by atoms with E-state index in [2.05, 4.69) is 26.8 Å². The van der Waals surface area contributed by atoms with Gasteiger partial charge in [-0.2, -0.15) is 0 Å². The number of hydrogen-bond donors (Lipinski definition) is 2. The fraction of sp³-hybridized carbons (Fsp3) is 0.176. The lowest BCUT2D eigenvalue weighted by Crippen LogP contribution is -2.42. The third-order valence-corrected chi connectivity index (χ3v) is 4.37. The van der Waals surface area contributed by atoms with Crippen molar-refractivity contribution in [2.24, 2.45) is 5.92 Å². The van der Waals surface area contributed by atoms with Crippen molar-refractivity contribution in [3.8, 4) is 0 Å². The molecule has 0 radical (unpaired) electrons. The Morgan fingerprint density at radius 3 is 2.43 bits per heavy atom. The Hall–Kier alpha value is -2.21. The number of nitrogens with one attached hydrogen (secondary N) is 2. The summed E-state index contributed by atoms with van der Waals surface area (Å²) in [7, 11) is 0. The molecule has 1 saturated carbocycles. The van der Waals surface area contributed by atoms with Gasteiger partial charge in [0, 0.05) is 16.0 Å². The molecule has 0 bridgehead atoms. The second kappa shape index (κ2) is 6.50. The van der Waals surface area contributed by atoms with Gasteiger partial charge >= 0.3 is 0 Å². The molecule has 0 aliphatic heterocycles. The Balaban J connectivity index is 1.54. The van der Waals surface area contributed by atoms with E-state index in [-0.39, 0.29) is 23.6 Å². The zero-order valence-corrected chi connectivity index (χ0v) is 13.6. The van der Waals surface area contributed by atoms with Crippen LogP contribution in [0.2, 0.25) is 0 Å². The van der Waals surface area contributed by atoms with Gasteiger partial charge in [-0.15, -0.1) is 0 Å². The van der Waals surface area contributed by atoms with E-state index in [1.165, 1.54) is 6.07 Å². The third kappa shape index (κ3) is 3.59. The molecule has 2 aromatic rings. The zero-order valence-electron chi connectivity index (χ0n) is 12.1. The molecule has 23 heavy (non-hydrogen) atoms. The van der Waals surface area contributed by atoms with E-state index < -0.39 is 5.91 Å². The molecular formula is C17H14BrFN2O2. The molecule has 2 atom stereocenters. The van der Waals surface area contributed by atoms with Crippen LogP contribution >= 0.6 is 15.9 Å². The minimum atomic E-state index is -0.394. The monoisotopic (exact) mass is 376 g/mol. The predicted octanol–water partition coefficient (Wildman–Crippen LogP) is 3.15. The molecule has 0 aromatic heterocycles. The van der Waals surface area contributed by atoms with Gasteiger partial charge in [-0.25, -0.2) is 4.39 Å². The summed E-state index contributed by atoms with van der Waals surface area (Å²) in [5.41, 5.74) is 5.77. The Morgan fingerprint density at radius 2 is 1.74 bits per heavy atom. The highest BCUT2D eigenvalue weighted by atomic mass is 79.9. The molecule has 1 aliphatic carbocycles. The van der Waals surface area contributed by atoms with Gasteiger partial charge in [-0.05, 0) is 48.2 Å². The molecule has 2 amide bonds. The number of benzene rings is 2.